The summed E-state index contributed by atoms with van der Waals surface area (Å²) in [6.45, 7) is 6.63. The van der Waals surface area contributed by atoms with Crippen molar-refractivity contribution in [3.05, 3.63) is 17.6 Å². The number of aliphatic hydroxyl groups is 1. The molecule has 1 aromatic rings. The van der Waals surface area contributed by atoms with Gasteiger partial charge in [-0.3, -0.25) is 0 Å². The highest BCUT2D eigenvalue weighted by molar-refractivity contribution is 5.36. The Morgan fingerprint density at radius 3 is 2.89 bits per heavy atom. The second-order valence-corrected chi connectivity index (χ2v) is 5.72. The number of aromatic nitrogens is 2. The van der Waals surface area contributed by atoms with Gasteiger partial charge in [0.25, 0.3) is 0 Å². The second kappa shape index (κ2) is 5.22. The zero-order valence-electron chi connectivity index (χ0n) is 11.5. The molecule has 1 saturated carbocycles. The summed E-state index contributed by atoms with van der Waals surface area (Å²) in [6, 6.07) is 1.92. The molecule has 1 fully saturated rings. The first-order valence-corrected chi connectivity index (χ1v) is 6.75. The van der Waals surface area contributed by atoms with Crippen LogP contribution in [0.2, 0.25) is 0 Å². The van der Waals surface area contributed by atoms with Crippen molar-refractivity contribution in [2.24, 2.45) is 5.92 Å². The van der Waals surface area contributed by atoms with Crippen LogP contribution in [0.4, 0.5) is 5.82 Å². The lowest BCUT2D eigenvalue weighted by molar-refractivity contribution is -0.000833. The van der Waals surface area contributed by atoms with Gasteiger partial charge in [0.15, 0.2) is 0 Å². The van der Waals surface area contributed by atoms with Gasteiger partial charge in [0.1, 0.15) is 11.6 Å². The lowest BCUT2D eigenvalue weighted by Crippen LogP contribution is -2.41. The van der Waals surface area contributed by atoms with E-state index in [4.69, 9.17) is 0 Å². The lowest BCUT2D eigenvalue weighted by Gasteiger charge is -2.35. The third kappa shape index (κ3) is 3.42. The summed E-state index contributed by atoms with van der Waals surface area (Å²) in [5, 5.41) is 13.8. The van der Waals surface area contributed by atoms with Crippen molar-refractivity contribution in [2.45, 2.75) is 52.1 Å². The normalized spacial score (nSPS) is 28.1. The molecule has 2 atom stereocenters. The first-order valence-electron chi connectivity index (χ1n) is 6.75. The fraction of sp³-hybridized carbons (Fsp3) is 0.714. The van der Waals surface area contributed by atoms with E-state index >= 15 is 0 Å². The standard InChI is InChI=1S/C14H23N3O/c1-10-5-4-6-14(18,8-10)9-15-13-7-11(2)16-12(3)17-13/h7,10,18H,4-6,8-9H2,1-3H3,(H,15,16,17). The molecule has 0 aromatic carbocycles. The van der Waals surface area contributed by atoms with E-state index in [0.29, 0.717) is 12.5 Å². The molecule has 0 amide bonds. The molecule has 1 aromatic heterocycles. The van der Waals surface area contributed by atoms with Crippen LogP contribution in [0.1, 0.15) is 44.1 Å². The molecule has 2 unspecified atom stereocenters. The predicted octanol–water partition coefficient (Wildman–Crippen LogP) is 2.45. The van der Waals surface area contributed by atoms with E-state index in [1.54, 1.807) is 0 Å². The number of aryl methyl sites for hydroxylation is 2. The van der Waals surface area contributed by atoms with Gasteiger partial charge in [-0.2, -0.15) is 0 Å². The van der Waals surface area contributed by atoms with Crippen molar-refractivity contribution < 1.29 is 5.11 Å². The monoisotopic (exact) mass is 249 g/mol. The van der Waals surface area contributed by atoms with E-state index in [-0.39, 0.29) is 0 Å². The highest BCUT2D eigenvalue weighted by Crippen LogP contribution is 2.32. The molecule has 0 radical (unpaired) electrons. The largest absolute Gasteiger partial charge is 0.388 e. The Balaban J connectivity index is 1.98. The van der Waals surface area contributed by atoms with Crippen LogP contribution in [0.15, 0.2) is 6.07 Å². The molecule has 2 N–H and O–H groups in total. The van der Waals surface area contributed by atoms with Gasteiger partial charge in [-0.25, -0.2) is 9.97 Å². The molecule has 1 aliphatic carbocycles. The average molecular weight is 249 g/mol. The Labute approximate surface area is 109 Å². The van der Waals surface area contributed by atoms with Gasteiger partial charge in [-0.15, -0.1) is 0 Å². The van der Waals surface area contributed by atoms with Gasteiger partial charge in [-0.1, -0.05) is 19.8 Å². The topological polar surface area (TPSA) is 58.0 Å². The van der Waals surface area contributed by atoms with Crippen LogP contribution < -0.4 is 5.32 Å². The number of nitrogens with one attached hydrogen (secondary N) is 1. The summed E-state index contributed by atoms with van der Waals surface area (Å²) >= 11 is 0. The lowest BCUT2D eigenvalue weighted by atomic mass is 9.79. The van der Waals surface area contributed by atoms with Crippen molar-refractivity contribution in [1.82, 2.24) is 9.97 Å². The van der Waals surface area contributed by atoms with Crippen LogP contribution in [0.5, 0.6) is 0 Å². The van der Waals surface area contributed by atoms with Crippen LogP contribution in [0.25, 0.3) is 0 Å². The first kappa shape index (κ1) is 13.3. The maximum absolute atomic E-state index is 10.5. The highest BCUT2D eigenvalue weighted by Gasteiger charge is 2.32. The Bertz CT molecular complexity index is 401. The van der Waals surface area contributed by atoms with Gasteiger partial charge in [0, 0.05) is 18.3 Å². The van der Waals surface area contributed by atoms with E-state index < -0.39 is 5.60 Å². The smallest absolute Gasteiger partial charge is 0.130 e. The quantitative estimate of drug-likeness (QED) is 0.864. The number of hydrogen-bond acceptors (Lipinski definition) is 4. The first-order chi connectivity index (χ1) is 8.47. The summed E-state index contributed by atoms with van der Waals surface area (Å²) in [5.41, 5.74) is 0.374. The van der Waals surface area contributed by atoms with Crippen molar-refractivity contribution in [1.29, 1.82) is 0 Å². The van der Waals surface area contributed by atoms with Crippen molar-refractivity contribution in [2.75, 3.05) is 11.9 Å². The molecule has 0 bridgehead atoms. The summed E-state index contributed by atoms with van der Waals surface area (Å²) < 4.78 is 0. The molecule has 4 nitrogen and oxygen atoms in total. The van der Waals surface area contributed by atoms with Crippen molar-refractivity contribution in [3.8, 4) is 0 Å². The van der Waals surface area contributed by atoms with Crippen molar-refractivity contribution in [3.63, 3.8) is 0 Å². The molecule has 0 aliphatic heterocycles. The number of hydrogen-bond donors (Lipinski definition) is 2. The molecule has 1 heterocycles. The van der Waals surface area contributed by atoms with Gasteiger partial charge < -0.3 is 10.4 Å². The Kier molecular flexibility index (Phi) is 3.85. The maximum atomic E-state index is 10.5. The van der Waals surface area contributed by atoms with Crippen LogP contribution in [-0.4, -0.2) is 27.2 Å². The number of anilines is 1. The van der Waals surface area contributed by atoms with Gasteiger partial charge in [-0.05, 0) is 32.6 Å². The van der Waals surface area contributed by atoms with Gasteiger partial charge >= 0.3 is 0 Å². The highest BCUT2D eigenvalue weighted by atomic mass is 16.3. The zero-order chi connectivity index (χ0) is 13.2. The van der Waals surface area contributed by atoms with E-state index in [0.717, 1.165) is 36.6 Å². The Morgan fingerprint density at radius 1 is 1.44 bits per heavy atom. The molecule has 100 valence electrons. The van der Waals surface area contributed by atoms with Crippen LogP contribution in [0.3, 0.4) is 0 Å². The molecular weight excluding hydrogens is 226 g/mol. The minimum absolute atomic E-state index is 0.577. The molecular formula is C14H23N3O. The summed E-state index contributed by atoms with van der Waals surface area (Å²) in [4.78, 5) is 8.58. The molecule has 2 rings (SSSR count). The van der Waals surface area contributed by atoms with Crippen molar-refractivity contribution >= 4 is 5.82 Å². The molecule has 18 heavy (non-hydrogen) atoms. The number of rotatable bonds is 3. The van der Waals surface area contributed by atoms with E-state index in [1.165, 1.54) is 6.42 Å². The average Bonchev–Trinajstić information content (AvgIpc) is 2.25. The minimum atomic E-state index is -0.579. The predicted molar refractivity (Wildman–Crippen MR) is 72.6 cm³/mol. The SMILES string of the molecule is Cc1cc(NCC2(O)CCCC(C)C2)nc(C)n1. The van der Waals surface area contributed by atoms with Crippen LogP contribution in [0, 0.1) is 19.8 Å². The molecule has 0 saturated heterocycles. The maximum Gasteiger partial charge on any atom is 0.130 e. The molecule has 0 spiro atoms. The van der Waals surface area contributed by atoms with Crippen LogP contribution in [-0.2, 0) is 0 Å². The third-order valence-corrected chi connectivity index (χ3v) is 3.63. The van der Waals surface area contributed by atoms with Gasteiger partial charge in [0.2, 0.25) is 0 Å². The molecule has 1 aliphatic rings. The summed E-state index contributed by atoms with van der Waals surface area (Å²) in [5.74, 6) is 2.19. The number of nitrogens with zero attached hydrogens (tertiary/aromatic N) is 2. The Morgan fingerprint density at radius 2 is 2.22 bits per heavy atom. The summed E-state index contributed by atoms with van der Waals surface area (Å²) in [7, 11) is 0. The second-order valence-electron chi connectivity index (χ2n) is 5.72. The molecule has 4 heteroatoms. The third-order valence-electron chi connectivity index (χ3n) is 3.63. The van der Waals surface area contributed by atoms with E-state index in [1.807, 2.05) is 19.9 Å². The zero-order valence-corrected chi connectivity index (χ0v) is 11.5. The Hall–Kier alpha value is -1.16. The fourth-order valence-electron chi connectivity index (χ4n) is 2.86. The van der Waals surface area contributed by atoms with E-state index in [2.05, 4.69) is 22.2 Å². The van der Waals surface area contributed by atoms with Crippen LogP contribution >= 0.6 is 0 Å². The van der Waals surface area contributed by atoms with Gasteiger partial charge in [0.05, 0.1) is 5.60 Å². The summed E-state index contributed by atoms with van der Waals surface area (Å²) in [6.07, 6.45) is 4.10. The fourth-order valence-corrected chi connectivity index (χ4v) is 2.86. The minimum Gasteiger partial charge on any atom is -0.388 e. The van der Waals surface area contributed by atoms with E-state index in [9.17, 15) is 5.11 Å².